The summed E-state index contributed by atoms with van der Waals surface area (Å²) in [6.07, 6.45) is 0.00488. The van der Waals surface area contributed by atoms with Gasteiger partial charge in [0.2, 0.25) is 0 Å². The van der Waals surface area contributed by atoms with Crippen LogP contribution in [-0.4, -0.2) is 26.9 Å². The minimum atomic E-state index is 0.00488. The highest BCUT2D eigenvalue weighted by molar-refractivity contribution is 5.58. The van der Waals surface area contributed by atoms with Gasteiger partial charge in [0.1, 0.15) is 23.4 Å². The third-order valence-corrected chi connectivity index (χ3v) is 5.80. The molecule has 0 aliphatic carbocycles. The molecule has 2 aromatic carbocycles. The van der Waals surface area contributed by atoms with E-state index in [1.807, 2.05) is 19.1 Å². The van der Waals surface area contributed by atoms with Crippen LogP contribution in [0.2, 0.25) is 0 Å². The summed E-state index contributed by atoms with van der Waals surface area (Å²) in [4.78, 5) is 0. The topological polar surface area (TPSA) is 65.7 Å². The molecule has 3 N–H and O–H groups in total. The van der Waals surface area contributed by atoms with Crippen molar-refractivity contribution in [2.75, 3.05) is 26.5 Å². The summed E-state index contributed by atoms with van der Waals surface area (Å²) in [5.41, 5.74) is 13.5. The van der Waals surface area contributed by atoms with Crippen molar-refractivity contribution < 1.29 is 14.2 Å². The molecule has 30 heavy (non-hydrogen) atoms. The van der Waals surface area contributed by atoms with Gasteiger partial charge in [0.15, 0.2) is 0 Å². The number of anilines is 1. The molecule has 0 heterocycles. The Morgan fingerprint density at radius 3 is 2.07 bits per heavy atom. The second-order valence-electron chi connectivity index (χ2n) is 8.38. The summed E-state index contributed by atoms with van der Waals surface area (Å²) in [5, 5.41) is 3.52. The fourth-order valence-corrected chi connectivity index (χ4v) is 3.88. The molecule has 0 saturated carbocycles. The largest absolute Gasteiger partial charge is 0.496 e. The molecule has 0 bridgehead atoms. The summed E-state index contributed by atoms with van der Waals surface area (Å²) < 4.78 is 17.6. The highest BCUT2D eigenvalue weighted by atomic mass is 16.5. The van der Waals surface area contributed by atoms with E-state index in [2.05, 4.69) is 46.9 Å². The maximum absolute atomic E-state index is 6.28. The Balaban J connectivity index is 2.13. The molecule has 0 aromatic heterocycles. The van der Waals surface area contributed by atoms with Crippen molar-refractivity contribution in [3.8, 4) is 17.2 Å². The number of ether oxygens (including phenoxy) is 3. The van der Waals surface area contributed by atoms with E-state index in [0.717, 1.165) is 56.3 Å². The van der Waals surface area contributed by atoms with Gasteiger partial charge in [0.25, 0.3) is 0 Å². The summed E-state index contributed by atoms with van der Waals surface area (Å²) in [5.74, 6) is 3.10. The zero-order chi connectivity index (χ0) is 22.6. The molecule has 0 aliphatic heterocycles. The standard InChI is InChI=1S/C25H38N2O3/c1-14(2)20-11-22(26)15(3)10-23(20)30-16(4)12-27-13-21-19(7)24(28-8)17(5)18(6)25(21)29-9/h10-11,14,16,27H,12-13,26H2,1-9H3. The monoisotopic (exact) mass is 414 g/mol. The first kappa shape index (κ1) is 23.9. The van der Waals surface area contributed by atoms with E-state index in [0.29, 0.717) is 19.0 Å². The number of rotatable bonds is 9. The average Bonchev–Trinajstić information content (AvgIpc) is 2.68. The van der Waals surface area contributed by atoms with Crippen LogP contribution >= 0.6 is 0 Å². The van der Waals surface area contributed by atoms with Gasteiger partial charge < -0.3 is 25.3 Å². The Bertz CT molecular complexity index is 891. The van der Waals surface area contributed by atoms with Crippen LogP contribution in [0.1, 0.15) is 60.1 Å². The molecule has 0 radical (unpaired) electrons. The number of nitrogen functional groups attached to an aromatic ring is 1. The Morgan fingerprint density at radius 1 is 0.900 bits per heavy atom. The van der Waals surface area contributed by atoms with E-state index in [1.54, 1.807) is 14.2 Å². The zero-order valence-corrected chi connectivity index (χ0v) is 20.0. The number of hydrogen-bond acceptors (Lipinski definition) is 5. The van der Waals surface area contributed by atoms with Crippen LogP contribution in [0.5, 0.6) is 17.2 Å². The van der Waals surface area contributed by atoms with Gasteiger partial charge in [-0.05, 0) is 80.5 Å². The van der Waals surface area contributed by atoms with Gasteiger partial charge >= 0.3 is 0 Å². The van der Waals surface area contributed by atoms with E-state index < -0.39 is 0 Å². The van der Waals surface area contributed by atoms with Crippen LogP contribution < -0.4 is 25.3 Å². The lowest BCUT2D eigenvalue weighted by atomic mass is 9.97. The molecular formula is C25H38N2O3. The van der Waals surface area contributed by atoms with Crippen molar-refractivity contribution >= 4 is 5.69 Å². The molecule has 0 saturated heterocycles. The van der Waals surface area contributed by atoms with Gasteiger partial charge in [-0.3, -0.25) is 0 Å². The first-order chi connectivity index (χ1) is 14.1. The van der Waals surface area contributed by atoms with Crippen LogP contribution in [0.15, 0.2) is 12.1 Å². The van der Waals surface area contributed by atoms with Gasteiger partial charge in [-0.2, -0.15) is 0 Å². The minimum Gasteiger partial charge on any atom is -0.496 e. The van der Waals surface area contributed by atoms with Crippen LogP contribution in [0.3, 0.4) is 0 Å². The number of methoxy groups -OCH3 is 2. The van der Waals surface area contributed by atoms with Gasteiger partial charge in [-0.15, -0.1) is 0 Å². The smallest absolute Gasteiger partial charge is 0.127 e. The maximum Gasteiger partial charge on any atom is 0.127 e. The zero-order valence-electron chi connectivity index (χ0n) is 20.0. The van der Waals surface area contributed by atoms with E-state index in [-0.39, 0.29) is 6.10 Å². The molecule has 0 aliphatic rings. The lowest BCUT2D eigenvalue weighted by Crippen LogP contribution is -2.29. The van der Waals surface area contributed by atoms with Crippen molar-refractivity contribution in [3.05, 3.63) is 45.5 Å². The van der Waals surface area contributed by atoms with Gasteiger partial charge in [0.05, 0.1) is 14.2 Å². The fraction of sp³-hybridized carbons (Fsp3) is 0.520. The number of benzene rings is 2. The van der Waals surface area contributed by atoms with Crippen LogP contribution in [0.4, 0.5) is 5.69 Å². The maximum atomic E-state index is 6.28. The lowest BCUT2D eigenvalue weighted by Gasteiger charge is -2.23. The Labute approximate surface area is 181 Å². The third kappa shape index (κ3) is 5.01. The van der Waals surface area contributed by atoms with Crippen molar-refractivity contribution in [2.45, 2.75) is 67.0 Å². The summed E-state index contributed by atoms with van der Waals surface area (Å²) in [7, 11) is 3.44. The number of nitrogens with one attached hydrogen (secondary N) is 1. The van der Waals surface area contributed by atoms with E-state index in [1.165, 1.54) is 0 Å². The molecule has 0 fully saturated rings. The molecule has 2 rings (SSSR count). The summed E-state index contributed by atoms with van der Waals surface area (Å²) in [6.45, 7) is 16.0. The van der Waals surface area contributed by atoms with Gasteiger partial charge in [0, 0.05) is 24.3 Å². The highest BCUT2D eigenvalue weighted by Crippen LogP contribution is 2.37. The van der Waals surface area contributed by atoms with Crippen molar-refractivity contribution in [3.63, 3.8) is 0 Å². The first-order valence-corrected chi connectivity index (χ1v) is 10.6. The Kier molecular flexibility index (Phi) is 8.02. The quantitative estimate of drug-likeness (QED) is 0.552. The average molecular weight is 415 g/mol. The number of aryl methyl sites for hydroxylation is 1. The third-order valence-electron chi connectivity index (χ3n) is 5.80. The van der Waals surface area contributed by atoms with Crippen molar-refractivity contribution in [1.82, 2.24) is 5.32 Å². The Hall–Kier alpha value is -2.40. The molecular weight excluding hydrogens is 376 g/mol. The highest BCUT2D eigenvalue weighted by Gasteiger charge is 2.19. The first-order valence-electron chi connectivity index (χ1n) is 10.6. The second kappa shape index (κ2) is 10.1. The molecule has 166 valence electrons. The second-order valence-corrected chi connectivity index (χ2v) is 8.38. The Morgan fingerprint density at radius 2 is 1.50 bits per heavy atom. The molecule has 5 nitrogen and oxygen atoms in total. The van der Waals surface area contributed by atoms with E-state index in [4.69, 9.17) is 19.9 Å². The summed E-state index contributed by atoms with van der Waals surface area (Å²) >= 11 is 0. The molecule has 5 heteroatoms. The molecule has 0 amide bonds. The SMILES string of the molecule is COc1c(C)c(C)c(OC)c(CNCC(C)Oc2cc(C)c(N)cc2C(C)C)c1C. The van der Waals surface area contributed by atoms with Crippen molar-refractivity contribution in [2.24, 2.45) is 0 Å². The molecule has 1 unspecified atom stereocenters. The van der Waals surface area contributed by atoms with Crippen LogP contribution in [-0.2, 0) is 6.54 Å². The van der Waals surface area contributed by atoms with Gasteiger partial charge in [-0.1, -0.05) is 13.8 Å². The predicted molar refractivity (Wildman–Crippen MR) is 125 cm³/mol. The lowest BCUT2D eigenvalue weighted by molar-refractivity contribution is 0.214. The molecule has 2 aromatic rings. The van der Waals surface area contributed by atoms with Gasteiger partial charge in [-0.25, -0.2) is 0 Å². The van der Waals surface area contributed by atoms with Crippen molar-refractivity contribution in [1.29, 1.82) is 0 Å². The molecule has 1 atom stereocenters. The van der Waals surface area contributed by atoms with Crippen LogP contribution in [0, 0.1) is 27.7 Å². The number of hydrogen-bond donors (Lipinski definition) is 2. The van der Waals surface area contributed by atoms with E-state index in [9.17, 15) is 0 Å². The normalized spacial score (nSPS) is 12.2. The van der Waals surface area contributed by atoms with Crippen LogP contribution in [0.25, 0.3) is 0 Å². The van der Waals surface area contributed by atoms with E-state index >= 15 is 0 Å². The minimum absolute atomic E-state index is 0.00488. The molecule has 0 spiro atoms. The number of nitrogens with two attached hydrogens (primary N) is 1. The predicted octanol–water partition coefficient (Wildman–Crippen LogP) is 5.20. The summed E-state index contributed by atoms with van der Waals surface area (Å²) in [6, 6.07) is 4.08. The fourth-order valence-electron chi connectivity index (χ4n) is 3.88.